The molecule has 248 valence electrons. The van der Waals surface area contributed by atoms with E-state index < -0.39 is 30.1 Å². The van der Waals surface area contributed by atoms with Crippen LogP contribution in [0.5, 0.6) is 0 Å². The molecule has 0 saturated carbocycles. The summed E-state index contributed by atoms with van der Waals surface area (Å²) in [5, 5.41) is 6.25. The van der Waals surface area contributed by atoms with Crippen molar-refractivity contribution in [2.24, 2.45) is 0 Å². The van der Waals surface area contributed by atoms with Gasteiger partial charge in [-0.05, 0) is 45.0 Å². The van der Waals surface area contributed by atoms with E-state index in [1.807, 2.05) is 121 Å². The van der Waals surface area contributed by atoms with E-state index in [0.717, 1.165) is 49.8 Å². The standard InChI is InChI=1S/C42H35N3O5/c1-27(41(47)50-39(28-14-4-2-5-15-28)29-16-6-3-7-17-29)44-40(46)38(24-30-25-43-37-23-13-12-18-31(30)37)45-42(48)49-26-36-34-21-10-8-19-32(34)33-20-9-11-22-35(33)36/h2-23,25,36,38-39,43H,1,24,26H2,(H,44,46)(H,45,48)/t38-/m0/s1. The van der Waals surface area contributed by atoms with E-state index in [0.29, 0.717) is 0 Å². The molecule has 1 aliphatic rings. The van der Waals surface area contributed by atoms with Crippen LogP contribution in [0.2, 0.25) is 0 Å². The number of aromatic amines is 1. The number of aromatic nitrogens is 1. The molecule has 1 heterocycles. The van der Waals surface area contributed by atoms with Gasteiger partial charge < -0.3 is 25.1 Å². The molecule has 0 bridgehead atoms. The minimum atomic E-state index is -1.10. The summed E-state index contributed by atoms with van der Waals surface area (Å²) in [5.74, 6) is -1.59. The Balaban J connectivity index is 1.07. The summed E-state index contributed by atoms with van der Waals surface area (Å²) < 4.78 is 11.7. The Bertz CT molecular complexity index is 2090. The molecule has 1 aliphatic carbocycles. The van der Waals surface area contributed by atoms with Crippen molar-refractivity contribution in [2.45, 2.75) is 24.5 Å². The van der Waals surface area contributed by atoms with Gasteiger partial charge in [-0.2, -0.15) is 0 Å². The minimum absolute atomic E-state index is 0.0840. The zero-order chi connectivity index (χ0) is 34.5. The number of carbonyl (C=O) groups excluding carboxylic acids is 3. The summed E-state index contributed by atoms with van der Waals surface area (Å²) in [7, 11) is 0. The molecule has 6 aromatic rings. The third-order valence-electron chi connectivity index (χ3n) is 9.00. The highest BCUT2D eigenvalue weighted by atomic mass is 16.6. The number of hydrogen-bond acceptors (Lipinski definition) is 5. The van der Waals surface area contributed by atoms with Crippen molar-refractivity contribution < 1.29 is 23.9 Å². The summed E-state index contributed by atoms with van der Waals surface area (Å²) in [6, 6.07) is 41.4. The van der Waals surface area contributed by atoms with E-state index in [-0.39, 0.29) is 24.6 Å². The lowest BCUT2D eigenvalue weighted by molar-refractivity contribution is -0.144. The fourth-order valence-corrected chi connectivity index (χ4v) is 6.56. The SMILES string of the molecule is C=C(NC(=O)[C@H](Cc1c[nH]c2ccccc12)NC(=O)OCC1c2ccccc2-c2ccccc21)C(=O)OC(c1ccccc1)c1ccccc1. The third-order valence-corrected chi connectivity index (χ3v) is 9.00. The second-order valence-corrected chi connectivity index (χ2v) is 12.2. The first kappa shape index (κ1) is 32.2. The summed E-state index contributed by atoms with van der Waals surface area (Å²) in [4.78, 5) is 43.8. The normalized spacial score (nSPS) is 12.5. The van der Waals surface area contributed by atoms with Crippen molar-refractivity contribution >= 4 is 28.9 Å². The van der Waals surface area contributed by atoms with Gasteiger partial charge in [0.05, 0.1) is 0 Å². The van der Waals surface area contributed by atoms with Crippen molar-refractivity contribution in [3.8, 4) is 11.1 Å². The quantitative estimate of drug-likeness (QED) is 0.0980. The minimum Gasteiger partial charge on any atom is -0.449 e. The summed E-state index contributed by atoms with van der Waals surface area (Å²) >= 11 is 0. The van der Waals surface area contributed by atoms with Gasteiger partial charge in [-0.15, -0.1) is 0 Å². The lowest BCUT2D eigenvalue weighted by Crippen LogP contribution is -2.48. The Kier molecular flexibility index (Phi) is 9.24. The first-order valence-corrected chi connectivity index (χ1v) is 16.4. The topological polar surface area (TPSA) is 110 Å². The van der Waals surface area contributed by atoms with Crippen LogP contribution in [0, 0.1) is 0 Å². The molecule has 1 atom stereocenters. The second-order valence-electron chi connectivity index (χ2n) is 12.2. The van der Waals surface area contributed by atoms with E-state index >= 15 is 0 Å². The molecule has 0 saturated heterocycles. The molecule has 2 amide bonds. The maximum atomic E-state index is 13.8. The van der Waals surface area contributed by atoms with E-state index in [1.165, 1.54) is 0 Å². The smallest absolute Gasteiger partial charge is 0.407 e. The number of esters is 1. The lowest BCUT2D eigenvalue weighted by Gasteiger charge is -2.22. The average molecular weight is 662 g/mol. The molecule has 7 rings (SSSR count). The average Bonchev–Trinajstić information content (AvgIpc) is 3.71. The van der Waals surface area contributed by atoms with Gasteiger partial charge in [0, 0.05) is 29.4 Å². The number of hydrogen-bond donors (Lipinski definition) is 3. The van der Waals surface area contributed by atoms with Crippen LogP contribution in [-0.4, -0.2) is 35.6 Å². The van der Waals surface area contributed by atoms with Gasteiger partial charge in [-0.1, -0.05) is 134 Å². The number of fused-ring (bicyclic) bond motifs is 4. The van der Waals surface area contributed by atoms with E-state index in [1.54, 1.807) is 6.20 Å². The summed E-state index contributed by atoms with van der Waals surface area (Å²) in [6.45, 7) is 3.90. The number of rotatable bonds is 11. The Hall–Kier alpha value is -6.41. The van der Waals surface area contributed by atoms with Crippen molar-refractivity contribution in [1.29, 1.82) is 0 Å². The first-order chi connectivity index (χ1) is 24.5. The summed E-state index contributed by atoms with van der Waals surface area (Å²) in [6.07, 6.45) is 0.448. The number of nitrogens with one attached hydrogen (secondary N) is 3. The van der Waals surface area contributed by atoms with E-state index in [4.69, 9.17) is 9.47 Å². The molecule has 0 radical (unpaired) electrons. The van der Waals surface area contributed by atoms with Crippen molar-refractivity contribution in [1.82, 2.24) is 15.6 Å². The second kappa shape index (κ2) is 14.4. The maximum absolute atomic E-state index is 13.8. The molecule has 50 heavy (non-hydrogen) atoms. The molecule has 0 unspecified atom stereocenters. The predicted octanol–water partition coefficient (Wildman–Crippen LogP) is 7.58. The molecular weight excluding hydrogens is 626 g/mol. The number of carbonyl (C=O) groups is 3. The fourth-order valence-electron chi connectivity index (χ4n) is 6.56. The molecule has 0 fully saturated rings. The molecule has 3 N–H and O–H groups in total. The zero-order valence-corrected chi connectivity index (χ0v) is 27.2. The number of H-pyrrole nitrogens is 1. The number of para-hydroxylation sites is 1. The third kappa shape index (κ3) is 6.77. The monoisotopic (exact) mass is 661 g/mol. The van der Waals surface area contributed by atoms with Gasteiger partial charge in [0.25, 0.3) is 0 Å². The van der Waals surface area contributed by atoms with Gasteiger partial charge in [0.2, 0.25) is 5.91 Å². The number of alkyl carbamates (subject to hydrolysis) is 1. The first-order valence-electron chi connectivity index (χ1n) is 16.4. The van der Waals surface area contributed by atoms with Crippen molar-refractivity contribution in [3.63, 3.8) is 0 Å². The number of ether oxygens (including phenoxy) is 2. The van der Waals surface area contributed by atoms with E-state index in [2.05, 4.69) is 34.3 Å². The Morgan fingerprint density at radius 1 is 0.720 bits per heavy atom. The Morgan fingerprint density at radius 2 is 1.28 bits per heavy atom. The number of amides is 2. The zero-order valence-electron chi connectivity index (χ0n) is 27.2. The van der Waals surface area contributed by atoms with Crippen molar-refractivity contribution in [3.05, 3.63) is 180 Å². The molecular formula is C42H35N3O5. The van der Waals surface area contributed by atoms with Crippen LogP contribution in [-0.2, 0) is 25.5 Å². The molecule has 0 aliphatic heterocycles. The molecule has 8 heteroatoms. The molecule has 5 aromatic carbocycles. The Morgan fingerprint density at radius 3 is 1.92 bits per heavy atom. The van der Waals surface area contributed by atoms with Crippen LogP contribution >= 0.6 is 0 Å². The van der Waals surface area contributed by atoms with Crippen molar-refractivity contribution in [2.75, 3.05) is 6.61 Å². The van der Waals surface area contributed by atoms with Gasteiger partial charge in [-0.25, -0.2) is 9.59 Å². The van der Waals surface area contributed by atoms with E-state index in [9.17, 15) is 14.4 Å². The highest BCUT2D eigenvalue weighted by molar-refractivity contribution is 5.96. The van der Waals surface area contributed by atoms with Gasteiger partial charge in [-0.3, -0.25) is 4.79 Å². The largest absolute Gasteiger partial charge is 0.449 e. The highest BCUT2D eigenvalue weighted by Crippen LogP contribution is 2.44. The molecule has 8 nitrogen and oxygen atoms in total. The van der Waals surface area contributed by atoms with Crippen LogP contribution in [0.3, 0.4) is 0 Å². The van der Waals surface area contributed by atoms with Gasteiger partial charge in [0.1, 0.15) is 18.3 Å². The Labute approximate surface area is 289 Å². The molecule has 0 spiro atoms. The van der Waals surface area contributed by atoms with Crippen LogP contribution in [0.1, 0.15) is 39.8 Å². The van der Waals surface area contributed by atoms with Crippen LogP contribution < -0.4 is 10.6 Å². The lowest BCUT2D eigenvalue weighted by atomic mass is 9.98. The predicted molar refractivity (Wildman–Crippen MR) is 192 cm³/mol. The van der Waals surface area contributed by atoms with Crippen LogP contribution in [0.25, 0.3) is 22.0 Å². The molecule has 1 aromatic heterocycles. The summed E-state index contributed by atoms with van der Waals surface area (Å²) in [5.41, 5.74) is 7.35. The fraction of sp³-hybridized carbons (Fsp3) is 0.119. The van der Waals surface area contributed by atoms with Crippen LogP contribution in [0.4, 0.5) is 4.79 Å². The highest BCUT2D eigenvalue weighted by Gasteiger charge is 2.31. The number of benzene rings is 5. The van der Waals surface area contributed by atoms with Gasteiger partial charge >= 0.3 is 12.1 Å². The maximum Gasteiger partial charge on any atom is 0.407 e. The van der Waals surface area contributed by atoms with Crippen LogP contribution in [0.15, 0.2) is 152 Å². The van der Waals surface area contributed by atoms with Gasteiger partial charge in [0.15, 0.2) is 6.10 Å².